The van der Waals surface area contributed by atoms with Gasteiger partial charge in [-0.05, 0) is 29.0 Å². The molecule has 1 aromatic heterocycles. The van der Waals surface area contributed by atoms with Crippen LogP contribution in [-0.2, 0) is 5.41 Å². The maximum Gasteiger partial charge on any atom is 0.336 e. The highest BCUT2D eigenvalue weighted by Crippen LogP contribution is 2.31. The lowest BCUT2D eigenvalue weighted by atomic mass is 9.82. The third kappa shape index (κ3) is 2.87. The van der Waals surface area contributed by atoms with Gasteiger partial charge in [-0.15, -0.1) is 11.3 Å². The smallest absolute Gasteiger partial charge is 0.336 e. The van der Waals surface area contributed by atoms with Crippen molar-refractivity contribution in [3.63, 3.8) is 0 Å². The highest BCUT2D eigenvalue weighted by atomic mass is 32.1. The lowest BCUT2D eigenvalue weighted by molar-refractivity contribution is 0.0697. The number of hydrogen-bond donors (Lipinski definition) is 1. The molecule has 1 heterocycles. The topological polar surface area (TPSA) is 37.3 Å². The first kappa shape index (κ1) is 13.8. The van der Waals surface area contributed by atoms with Gasteiger partial charge in [-0.1, -0.05) is 45.0 Å². The molecule has 1 aromatic carbocycles. The second-order valence-electron chi connectivity index (χ2n) is 5.32. The highest BCUT2D eigenvalue weighted by molar-refractivity contribution is 7.13. The molecule has 2 aromatic rings. The maximum atomic E-state index is 10.9. The van der Waals surface area contributed by atoms with E-state index in [1.165, 1.54) is 16.9 Å². The number of rotatable bonds is 4. The van der Waals surface area contributed by atoms with Crippen molar-refractivity contribution < 1.29 is 9.90 Å². The number of benzene rings is 1. The lowest BCUT2D eigenvalue weighted by Gasteiger charge is -2.23. The molecule has 0 amide bonds. The van der Waals surface area contributed by atoms with Crippen LogP contribution in [0.4, 0.5) is 0 Å². The molecule has 2 nitrogen and oxygen atoms in total. The fraction of sp³-hybridized carbons (Fsp3) is 0.312. The molecule has 0 aliphatic carbocycles. The molecule has 0 fully saturated rings. The van der Waals surface area contributed by atoms with Crippen LogP contribution >= 0.6 is 11.3 Å². The molecule has 2 rings (SSSR count). The van der Waals surface area contributed by atoms with Crippen LogP contribution in [0.25, 0.3) is 10.4 Å². The summed E-state index contributed by atoms with van der Waals surface area (Å²) in [5.41, 5.74) is 2.93. The Hall–Kier alpha value is -1.61. The van der Waals surface area contributed by atoms with Crippen molar-refractivity contribution >= 4 is 17.3 Å². The molecular formula is C16H18O2S. The van der Waals surface area contributed by atoms with Gasteiger partial charge in [0.05, 0.1) is 5.56 Å². The number of thiophene rings is 1. The van der Waals surface area contributed by atoms with E-state index in [0.717, 1.165) is 16.9 Å². The SMILES string of the molecule is CCC(C)(C)c1ccc(-c2cc(C(=O)O)cs2)cc1. The third-order valence-electron chi connectivity index (χ3n) is 3.68. The second-order valence-corrected chi connectivity index (χ2v) is 6.23. The predicted octanol–water partition coefficient (Wildman–Crippen LogP) is 4.80. The fourth-order valence-corrected chi connectivity index (χ4v) is 2.78. The van der Waals surface area contributed by atoms with Gasteiger partial charge in [0.25, 0.3) is 0 Å². The van der Waals surface area contributed by atoms with Crippen LogP contribution in [0.5, 0.6) is 0 Å². The van der Waals surface area contributed by atoms with Crippen molar-refractivity contribution in [3.05, 3.63) is 46.8 Å². The molecule has 0 radical (unpaired) electrons. The normalized spacial score (nSPS) is 11.5. The van der Waals surface area contributed by atoms with E-state index in [2.05, 4.69) is 45.0 Å². The van der Waals surface area contributed by atoms with Crippen LogP contribution in [0.1, 0.15) is 43.1 Å². The molecule has 0 aliphatic heterocycles. The van der Waals surface area contributed by atoms with Gasteiger partial charge in [0.1, 0.15) is 0 Å². The predicted molar refractivity (Wildman–Crippen MR) is 80.0 cm³/mol. The minimum atomic E-state index is -0.869. The van der Waals surface area contributed by atoms with Gasteiger partial charge in [-0.2, -0.15) is 0 Å². The van der Waals surface area contributed by atoms with E-state index in [1.54, 1.807) is 11.4 Å². The summed E-state index contributed by atoms with van der Waals surface area (Å²) in [7, 11) is 0. The molecular weight excluding hydrogens is 256 g/mol. The molecule has 19 heavy (non-hydrogen) atoms. The van der Waals surface area contributed by atoms with Crippen molar-refractivity contribution in [1.29, 1.82) is 0 Å². The van der Waals surface area contributed by atoms with Crippen LogP contribution in [0, 0.1) is 0 Å². The van der Waals surface area contributed by atoms with Gasteiger partial charge in [0.15, 0.2) is 0 Å². The Balaban J connectivity index is 2.29. The molecule has 0 bridgehead atoms. The first-order valence-corrected chi connectivity index (χ1v) is 7.25. The van der Waals surface area contributed by atoms with Crippen molar-refractivity contribution in [3.8, 4) is 10.4 Å². The molecule has 0 unspecified atom stereocenters. The highest BCUT2D eigenvalue weighted by Gasteiger charge is 2.17. The molecule has 0 spiro atoms. The standard InChI is InChI=1S/C16H18O2S/c1-4-16(2,3)13-7-5-11(6-8-13)14-9-12(10-19-14)15(17)18/h5-10H,4H2,1-3H3,(H,17,18). The summed E-state index contributed by atoms with van der Waals surface area (Å²) in [6, 6.07) is 10.2. The van der Waals surface area contributed by atoms with Gasteiger partial charge in [0.2, 0.25) is 0 Å². The Bertz CT molecular complexity index is 579. The minimum absolute atomic E-state index is 0.181. The fourth-order valence-electron chi connectivity index (χ4n) is 1.89. The van der Waals surface area contributed by atoms with Crippen molar-refractivity contribution in [2.75, 3.05) is 0 Å². The van der Waals surface area contributed by atoms with Gasteiger partial charge < -0.3 is 5.11 Å². The van der Waals surface area contributed by atoms with Crippen molar-refractivity contribution in [2.24, 2.45) is 0 Å². The average Bonchev–Trinajstić information content (AvgIpc) is 2.88. The number of aromatic carboxylic acids is 1. The van der Waals surface area contributed by atoms with Crippen molar-refractivity contribution in [1.82, 2.24) is 0 Å². The van der Waals surface area contributed by atoms with Gasteiger partial charge in [-0.3, -0.25) is 0 Å². The van der Waals surface area contributed by atoms with E-state index in [9.17, 15) is 4.79 Å². The zero-order valence-electron chi connectivity index (χ0n) is 11.4. The van der Waals surface area contributed by atoms with E-state index in [1.807, 2.05) is 0 Å². The van der Waals surface area contributed by atoms with Gasteiger partial charge >= 0.3 is 5.97 Å². The molecule has 100 valence electrons. The summed E-state index contributed by atoms with van der Waals surface area (Å²) >= 11 is 1.47. The maximum absolute atomic E-state index is 10.9. The van der Waals surface area contributed by atoms with Crippen LogP contribution < -0.4 is 0 Å². The number of carboxylic acid groups (broad SMARTS) is 1. The Morgan fingerprint density at radius 3 is 2.37 bits per heavy atom. The van der Waals surface area contributed by atoms with E-state index in [-0.39, 0.29) is 5.41 Å². The second kappa shape index (κ2) is 5.17. The minimum Gasteiger partial charge on any atom is -0.478 e. The third-order valence-corrected chi connectivity index (χ3v) is 4.66. The van der Waals surface area contributed by atoms with Crippen molar-refractivity contribution in [2.45, 2.75) is 32.6 Å². The molecule has 0 saturated carbocycles. The molecule has 0 aliphatic rings. The van der Waals surface area contributed by atoms with Crippen LogP contribution in [0.2, 0.25) is 0 Å². The van der Waals surface area contributed by atoms with E-state index < -0.39 is 5.97 Å². The number of carboxylic acids is 1. The van der Waals surface area contributed by atoms with Gasteiger partial charge in [0, 0.05) is 10.3 Å². The molecule has 1 N–H and O–H groups in total. The largest absolute Gasteiger partial charge is 0.478 e. The summed E-state index contributed by atoms with van der Waals surface area (Å²) in [6.45, 7) is 6.65. The average molecular weight is 274 g/mol. The molecule has 3 heteroatoms. The Morgan fingerprint density at radius 2 is 1.89 bits per heavy atom. The monoisotopic (exact) mass is 274 g/mol. The van der Waals surface area contributed by atoms with Crippen LogP contribution in [0.15, 0.2) is 35.7 Å². The Labute approximate surface area is 117 Å². The summed E-state index contributed by atoms with van der Waals surface area (Å²) in [6.07, 6.45) is 1.09. The zero-order valence-corrected chi connectivity index (χ0v) is 12.3. The first-order valence-electron chi connectivity index (χ1n) is 6.37. The molecule has 0 atom stereocenters. The first-order chi connectivity index (χ1) is 8.94. The van der Waals surface area contributed by atoms with E-state index in [0.29, 0.717) is 5.56 Å². The molecule has 0 saturated heterocycles. The Morgan fingerprint density at radius 1 is 1.26 bits per heavy atom. The number of carbonyl (C=O) groups is 1. The zero-order chi connectivity index (χ0) is 14.0. The summed E-state index contributed by atoms with van der Waals surface area (Å²) < 4.78 is 0. The van der Waals surface area contributed by atoms with E-state index in [4.69, 9.17) is 5.11 Å². The summed E-state index contributed by atoms with van der Waals surface area (Å²) in [4.78, 5) is 11.9. The summed E-state index contributed by atoms with van der Waals surface area (Å²) in [5.74, 6) is -0.869. The van der Waals surface area contributed by atoms with Gasteiger partial charge in [-0.25, -0.2) is 4.79 Å². The quantitative estimate of drug-likeness (QED) is 0.869. The number of hydrogen-bond acceptors (Lipinski definition) is 2. The Kier molecular flexibility index (Phi) is 3.76. The van der Waals surface area contributed by atoms with Crippen LogP contribution in [-0.4, -0.2) is 11.1 Å². The van der Waals surface area contributed by atoms with Crippen LogP contribution in [0.3, 0.4) is 0 Å². The van der Waals surface area contributed by atoms with E-state index >= 15 is 0 Å². The lowest BCUT2D eigenvalue weighted by Crippen LogP contribution is -2.14. The summed E-state index contributed by atoms with van der Waals surface area (Å²) in [5, 5.41) is 10.6.